The fourth-order valence-corrected chi connectivity index (χ4v) is 7.99. The predicted octanol–water partition coefficient (Wildman–Crippen LogP) is 5.15. The Morgan fingerprint density at radius 1 is 0.966 bits per heavy atom. The van der Waals surface area contributed by atoms with Crippen LogP contribution in [0, 0.1) is 0 Å². The molecule has 4 atom stereocenters. The molecule has 59 heavy (non-hydrogen) atoms. The zero-order chi connectivity index (χ0) is 42.0. The molecule has 1 unspecified atom stereocenters. The van der Waals surface area contributed by atoms with E-state index in [1.807, 2.05) is 103 Å². The number of carbonyl (C=O) groups is 2. The number of hydrogen-bond acceptors (Lipinski definition) is 12. The van der Waals surface area contributed by atoms with Crippen molar-refractivity contribution in [3.8, 4) is 5.75 Å². The molecule has 1 aliphatic carbocycles. The number of ketones is 1. The molecule has 1 amide bonds. The number of nitrogens with one attached hydrogen (secondary N) is 1. The van der Waals surface area contributed by atoms with E-state index in [-0.39, 0.29) is 41.2 Å². The summed E-state index contributed by atoms with van der Waals surface area (Å²) in [6.07, 6.45) is 2.35. The molecule has 0 bridgehead atoms. The summed E-state index contributed by atoms with van der Waals surface area (Å²) in [5, 5.41) is 27.5. The Morgan fingerprint density at radius 3 is 2.17 bits per heavy atom. The second-order valence-electron chi connectivity index (χ2n) is 15.7. The maximum Gasteiger partial charge on any atom is 0.263 e. The quantitative estimate of drug-likeness (QED) is 0.0854. The molecule has 1 saturated heterocycles. The third-order valence-electron chi connectivity index (χ3n) is 11.2. The van der Waals surface area contributed by atoms with Crippen LogP contribution in [0.5, 0.6) is 5.75 Å². The molecule has 1 fully saturated rings. The molecule has 5 N–H and O–H groups in total. The molecule has 1 aliphatic heterocycles. The van der Waals surface area contributed by atoms with E-state index < -0.39 is 54.0 Å². The van der Waals surface area contributed by atoms with Crippen LogP contribution in [-0.4, -0.2) is 92.9 Å². The molecule has 3 heterocycles. The molecule has 0 saturated carbocycles. The number of rotatable bonds is 14. The van der Waals surface area contributed by atoms with Gasteiger partial charge in [-0.1, -0.05) is 106 Å². The standard InChI is InChI=1S/C45H50N6O8/c1-43(2,3)28-16-18-32(19-17-28)58-26-35(54)49-40-37-42(48-27-47-40)51(41(50-37)34(53)25-46)36-24-33(52)38(59-36)39(55)45(29-12-8-6-9-13-29,30-14-10-7-11-15-30)31-20-22-44(56-4,57-5)23-21-31/h6-22,27,33,36,38-39,52,55H,23-26,46H2,1-5H3,(H,47,48,49,54)/t33-,36+,38-,39?/m0/s1. The van der Waals surface area contributed by atoms with Crippen molar-refractivity contribution in [1.82, 2.24) is 19.5 Å². The average molecular weight is 803 g/mol. The van der Waals surface area contributed by atoms with E-state index in [0.29, 0.717) is 12.2 Å². The van der Waals surface area contributed by atoms with Gasteiger partial charge in [0.05, 0.1) is 18.1 Å². The molecule has 3 aromatic carbocycles. The van der Waals surface area contributed by atoms with Crippen LogP contribution in [0.2, 0.25) is 0 Å². The number of ether oxygens (including phenoxy) is 4. The Morgan fingerprint density at radius 2 is 1.61 bits per heavy atom. The van der Waals surface area contributed by atoms with Gasteiger partial charge in [-0.15, -0.1) is 0 Å². The lowest BCUT2D eigenvalue weighted by Gasteiger charge is -2.45. The van der Waals surface area contributed by atoms with E-state index in [9.17, 15) is 19.8 Å². The van der Waals surface area contributed by atoms with Gasteiger partial charge in [-0.3, -0.25) is 14.2 Å². The van der Waals surface area contributed by atoms with E-state index in [1.54, 1.807) is 14.2 Å². The van der Waals surface area contributed by atoms with Gasteiger partial charge in [0.25, 0.3) is 5.91 Å². The van der Waals surface area contributed by atoms with Gasteiger partial charge >= 0.3 is 0 Å². The Hall–Kier alpha value is -5.61. The highest BCUT2D eigenvalue weighted by atomic mass is 16.7. The van der Waals surface area contributed by atoms with Crippen molar-refractivity contribution in [2.45, 2.75) is 74.8 Å². The summed E-state index contributed by atoms with van der Waals surface area (Å²) in [4.78, 5) is 39.8. The summed E-state index contributed by atoms with van der Waals surface area (Å²) in [6, 6.07) is 26.6. The zero-order valence-electron chi connectivity index (χ0n) is 33.7. The summed E-state index contributed by atoms with van der Waals surface area (Å²) >= 11 is 0. The number of imidazole rings is 1. The number of nitrogens with two attached hydrogens (primary N) is 1. The first-order valence-electron chi connectivity index (χ1n) is 19.5. The molecule has 14 heteroatoms. The van der Waals surface area contributed by atoms with Crippen LogP contribution in [0.4, 0.5) is 5.82 Å². The predicted molar refractivity (Wildman–Crippen MR) is 221 cm³/mol. The van der Waals surface area contributed by atoms with Gasteiger partial charge in [-0.05, 0) is 45.9 Å². The van der Waals surface area contributed by atoms with E-state index in [2.05, 4.69) is 41.0 Å². The number of methoxy groups -OCH3 is 2. The molecule has 7 rings (SSSR count). The number of anilines is 1. The maximum absolute atomic E-state index is 13.4. The number of hydrogen-bond donors (Lipinski definition) is 4. The largest absolute Gasteiger partial charge is 0.484 e. The minimum absolute atomic E-state index is 0.0350. The number of aromatic nitrogens is 4. The van der Waals surface area contributed by atoms with Crippen LogP contribution in [0.15, 0.2) is 115 Å². The number of benzene rings is 3. The lowest BCUT2D eigenvalue weighted by Crippen LogP contribution is -2.52. The number of carbonyl (C=O) groups excluding carboxylic acids is 2. The summed E-state index contributed by atoms with van der Waals surface area (Å²) < 4.78 is 25.3. The van der Waals surface area contributed by atoms with Crippen LogP contribution in [0.3, 0.4) is 0 Å². The fourth-order valence-electron chi connectivity index (χ4n) is 7.99. The van der Waals surface area contributed by atoms with Gasteiger partial charge in [0.2, 0.25) is 5.78 Å². The van der Waals surface area contributed by atoms with Crippen molar-refractivity contribution in [1.29, 1.82) is 0 Å². The number of aliphatic hydroxyl groups is 2. The minimum atomic E-state index is -1.39. The van der Waals surface area contributed by atoms with E-state index in [4.69, 9.17) is 24.7 Å². The van der Waals surface area contributed by atoms with E-state index in [1.165, 1.54) is 10.9 Å². The number of fused-ring (bicyclic) bond motifs is 1. The first-order chi connectivity index (χ1) is 28.3. The van der Waals surface area contributed by atoms with Crippen molar-refractivity contribution in [3.05, 3.63) is 138 Å². The van der Waals surface area contributed by atoms with Gasteiger partial charge in [0.15, 0.2) is 35.2 Å². The Kier molecular flexibility index (Phi) is 11.9. The number of amides is 1. The Labute approximate surface area is 342 Å². The Balaban J connectivity index is 1.22. The highest BCUT2D eigenvalue weighted by Crippen LogP contribution is 2.49. The van der Waals surface area contributed by atoms with Crippen molar-refractivity contribution in [2.75, 3.05) is 32.7 Å². The summed E-state index contributed by atoms with van der Waals surface area (Å²) in [5.41, 5.74) is 8.19. The first-order valence-corrected chi connectivity index (χ1v) is 19.5. The summed E-state index contributed by atoms with van der Waals surface area (Å²) in [7, 11) is 3.14. The third-order valence-corrected chi connectivity index (χ3v) is 11.2. The van der Waals surface area contributed by atoms with Gasteiger partial charge in [0.1, 0.15) is 30.5 Å². The molecule has 14 nitrogen and oxygen atoms in total. The molecule has 2 aliphatic rings. The SMILES string of the molecule is COC1(OC)C=CC(C(c2ccccc2)(c2ccccc2)C(O)[C@H]2O[C@@H](n3c(C(=O)CN)nc4c(NC(=O)COc5ccc(C(C)(C)C)cc5)ncnc43)C[C@@H]2O)=CC1. The van der Waals surface area contributed by atoms with Crippen LogP contribution >= 0.6 is 0 Å². The van der Waals surface area contributed by atoms with E-state index in [0.717, 1.165) is 22.3 Å². The molecule has 5 aromatic rings. The second kappa shape index (κ2) is 16.9. The topological polar surface area (TPSA) is 193 Å². The monoisotopic (exact) mass is 802 g/mol. The lowest BCUT2D eigenvalue weighted by molar-refractivity contribution is -0.168. The van der Waals surface area contributed by atoms with Gasteiger partial charge in [0, 0.05) is 27.1 Å². The normalized spacial score (nSPS) is 19.7. The lowest BCUT2D eigenvalue weighted by atomic mass is 9.62. The maximum atomic E-state index is 13.4. The molecule has 308 valence electrons. The summed E-state index contributed by atoms with van der Waals surface area (Å²) in [5.74, 6) is -1.59. The number of Topliss-reactive ketones (excluding diaryl/α,β-unsaturated/α-hetero) is 1. The van der Waals surface area contributed by atoms with Crippen molar-refractivity contribution < 1.29 is 38.7 Å². The number of nitrogens with zero attached hydrogens (tertiary/aromatic N) is 4. The Bertz CT molecular complexity index is 2300. The van der Waals surface area contributed by atoms with Crippen LogP contribution in [0.25, 0.3) is 11.2 Å². The average Bonchev–Trinajstić information content (AvgIpc) is 3.84. The zero-order valence-corrected chi connectivity index (χ0v) is 33.7. The van der Waals surface area contributed by atoms with Crippen LogP contribution < -0.4 is 15.8 Å². The van der Waals surface area contributed by atoms with Gasteiger partial charge in [-0.25, -0.2) is 15.0 Å². The molecule has 0 radical (unpaired) electrons. The highest BCUT2D eigenvalue weighted by Gasteiger charge is 2.53. The number of allylic oxidation sites excluding steroid dienone is 1. The minimum Gasteiger partial charge on any atom is -0.484 e. The summed E-state index contributed by atoms with van der Waals surface area (Å²) in [6.45, 7) is 5.63. The van der Waals surface area contributed by atoms with Gasteiger partial charge < -0.3 is 40.2 Å². The van der Waals surface area contributed by atoms with Crippen LogP contribution in [0.1, 0.15) is 67.2 Å². The number of aliphatic hydroxyl groups excluding tert-OH is 2. The second-order valence-corrected chi connectivity index (χ2v) is 15.7. The smallest absolute Gasteiger partial charge is 0.263 e. The van der Waals surface area contributed by atoms with Crippen LogP contribution in [-0.2, 0) is 29.8 Å². The van der Waals surface area contributed by atoms with E-state index >= 15 is 0 Å². The molecular formula is C45H50N6O8. The fraction of sp³-hybridized carbons (Fsp3) is 0.356. The first kappa shape index (κ1) is 41.5. The third kappa shape index (κ3) is 7.95. The highest BCUT2D eigenvalue weighted by molar-refractivity contribution is 6.01. The van der Waals surface area contributed by atoms with Gasteiger partial charge in [-0.2, -0.15) is 0 Å². The van der Waals surface area contributed by atoms with Crippen molar-refractivity contribution in [2.24, 2.45) is 5.73 Å². The molecular weight excluding hydrogens is 753 g/mol. The molecule has 2 aromatic heterocycles. The molecule has 0 spiro atoms. The van der Waals surface area contributed by atoms with Crippen molar-refractivity contribution >= 4 is 28.7 Å². The van der Waals surface area contributed by atoms with Crippen molar-refractivity contribution in [3.63, 3.8) is 0 Å².